The summed E-state index contributed by atoms with van der Waals surface area (Å²) in [4.78, 5) is 6.72. The Kier molecular flexibility index (Phi) is 4.77. The van der Waals surface area contributed by atoms with Crippen LogP contribution in [0, 0.1) is 0 Å². The van der Waals surface area contributed by atoms with Gasteiger partial charge in [-0.15, -0.1) is 0 Å². The maximum atomic E-state index is 10.0. The molecule has 1 saturated heterocycles. The van der Waals surface area contributed by atoms with Crippen molar-refractivity contribution < 1.29 is 5.11 Å². The summed E-state index contributed by atoms with van der Waals surface area (Å²) in [5.74, 6) is 1.07. The lowest BCUT2D eigenvalue weighted by Crippen LogP contribution is -2.47. The Labute approximate surface area is 115 Å². The van der Waals surface area contributed by atoms with Gasteiger partial charge in [0.05, 0.1) is 5.60 Å². The Hall–Kier alpha value is -1.13. The molecule has 1 aliphatic rings. The Balaban J connectivity index is 1.77. The number of aliphatic hydroxyl groups is 1. The van der Waals surface area contributed by atoms with E-state index in [0.29, 0.717) is 12.6 Å². The van der Waals surface area contributed by atoms with Crippen LogP contribution in [0.4, 0.5) is 5.82 Å². The summed E-state index contributed by atoms with van der Waals surface area (Å²) in [6.45, 7) is 6.65. The van der Waals surface area contributed by atoms with Crippen molar-refractivity contribution >= 4 is 5.82 Å². The summed E-state index contributed by atoms with van der Waals surface area (Å²) >= 11 is 0. The molecule has 1 aromatic heterocycles. The zero-order valence-corrected chi connectivity index (χ0v) is 12.0. The zero-order valence-electron chi connectivity index (χ0n) is 12.0. The molecule has 4 heteroatoms. The topological polar surface area (TPSA) is 48.4 Å². The molecule has 0 saturated carbocycles. The highest BCUT2D eigenvalue weighted by Gasteiger charge is 2.23. The second kappa shape index (κ2) is 6.35. The van der Waals surface area contributed by atoms with E-state index < -0.39 is 5.60 Å². The Morgan fingerprint density at radius 2 is 2.16 bits per heavy atom. The molecule has 2 heterocycles. The monoisotopic (exact) mass is 263 g/mol. The number of anilines is 1. The van der Waals surface area contributed by atoms with Crippen molar-refractivity contribution in [2.24, 2.45) is 0 Å². The maximum Gasteiger partial charge on any atom is 0.128 e. The van der Waals surface area contributed by atoms with E-state index >= 15 is 0 Å². The lowest BCUT2D eigenvalue weighted by molar-refractivity contribution is 0.0519. The molecule has 1 aliphatic heterocycles. The minimum atomic E-state index is -0.585. The largest absolute Gasteiger partial charge is 0.389 e. The van der Waals surface area contributed by atoms with Crippen LogP contribution in [0.25, 0.3) is 0 Å². The summed E-state index contributed by atoms with van der Waals surface area (Å²) in [6.07, 6.45) is 4.84. The molecule has 2 rings (SSSR count). The van der Waals surface area contributed by atoms with Crippen molar-refractivity contribution in [2.45, 2.75) is 44.8 Å². The predicted molar refractivity (Wildman–Crippen MR) is 78.4 cm³/mol. The summed E-state index contributed by atoms with van der Waals surface area (Å²) in [6, 6.07) is 6.56. The van der Waals surface area contributed by atoms with Crippen LogP contribution in [0.2, 0.25) is 0 Å². The molecular formula is C15H25N3O. The van der Waals surface area contributed by atoms with Crippen molar-refractivity contribution in [3.05, 3.63) is 24.4 Å². The first-order valence-corrected chi connectivity index (χ1v) is 7.22. The van der Waals surface area contributed by atoms with Gasteiger partial charge < -0.3 is 15.3 Å². The van der Waals surface area contributed by atoms with Crippen LogP contribution < -0.4 is 10.2 Å². The van der Waals surface area contributed by atoms with E-state index in [9.17, 15) is 5.11 Å². The fourth-order valence-electron chi connectivity index (χ4n) is 2.34. The number of rotatable bonds is 5. The Morgan fingerprint density at radius 3 is 2.74 bits per heavy atom. The van der Waals surface area contributed by atoms with Gasteiger partial charge in [-0.2, -0.15) is 0 Å². The highest BCUT2D eigenvalue weighted by atomic mass is 16.3. The molecule has 0 bridgehead atoms. The van der Waals surface area contributed by atoms with Gasteiger partial charge in [0.25, 0.3) is 0 Å². The van der Waals surface area contributed by atoms with E-state index in [1.807, 2.05) is 32.2 Å². The molecule has 1 aromatic rings. The first-order chi connectivity index (χ1) is 9.11. The number of hydrogen-bond donors (Lipinski definition) is 2. The molecule has 0 aliphatic carbocycles. The number of hydrogen-bond acceptors (Lipinski definition) is 4. The highest BCUT2D eigenvalue weighted by Crippen LogP contribution is 2.17. The summed E-state index contributed by atoms with van der Waals surface area (Å²) in [7, 11) is 0. The molecule has 0 amide bonds. The van der Waals surface area contributed by atoms with Crippen molar-refractivity contribution in [2.75, 3.05) is 24.5 Å². The van der Waals surface area contributed by atoms with Crippen molar-refractivity contribution in [3.8, 4) is 0 Å². The van der Waals surface area contributed by atoms with Crippen LogP contribution >= 0.6 is 0 Å². The van der Waals surface area contributed by atoms with Gasteiger partial charge in [0, 0.05) is 31.9 Å². The zero-order chi connectivity index (χ0) is 13.7. The second-order valence-corrected chi connectivity index (χ2v) is 5.68. The average molecular weight is 263 g/mol. The number of nitrogens with one attached hydrogen (secondary N) is 1. The van der Waals surface area contributed by atoms with Gasteiger partial charge in [-0.25, -0.2) is 4.98 Å². The van der Waals surface area contributed by atoms with Crippen molar-refractivity contribution in [1.82, 2.24) is 10.3 Å². The Bertz CT molecular complexity index is 372. The molecule has 1 unspecified atom stereocenters. The molecule has 0 radical (unpaired) electrons. The third-order valence-corrected chi connectivity index (χ3v) is 4.00. The van der Waals surface area contributed by atoms with Gasteiger partial charge in [-0.1, -0.05) is 13.0 Å². The third-order valence-electron chi connectivity index (χ3n) is 4.00. The minimum absolute atomic E-state index is 0.512. The van der Waals surface area contributed by atoms with Crippen LogP contribution in [0.3, 0.4) is 0 Å². The summed E-state index contributed by atoms with van der Waals surface area (Å²) in [5, 5.41) is 13.5. The SMILES string of the molecule is CCC(C)(O)CNC1CCN(c2ccccn2)CC1. The van der Waals surface area contributed by atoms with Gasteiger partial charge >= 0.3 is 0 Å². The van der Waals surface area contributed by atoms with Gasteiger partial charge in [0.1, 0.15) is 5.82 Å². The standard InChI is InChI=1S/C15H25N3O/c1-3-15(2,19)12-17-13-7-10-18(11-8-13)14-6-4-5-9-16-14/h4-6,9,13,17,19H,3,7-8,10-12H2,1-2H3. The van der Waals surface area contributed by atoms with E-state index in [-0.39, 0.29) is 0 Å². The van der Waals surface area contributed by atoms with Crippen LogP contribution in [0.5, 0.6) is 0 Å². The third kappa shape index (κ3) is 4.18. The van der Waals surface area contributed by atoms with E-state index in [2.05, 4.69) is 21.3 Å². The summed E-state index contributed by atoms with van der Waals surface area (Å²) < 4.78 is 0. The van der Waals surface area contributed by atoms with Crippen molar-refractivity contribution in [3.63, 3.8) is 0 Å². The van der Waals surface area contributed by atoms with Gasteiger partial charge in [-0.3, -0.25) is 0 Å². The molecular weight excluding hydrogens is 238 g/mol. The van der Waals surface area contributed by atoms with Gasteiger partial charge in [-0.05, 0) is 38.3 Å². The van der Waals surface area contributed by atoms with Crippen LogP contribution in [-0.2, 0) is 0 Å². The van der Waals surface area contributed by atoms with E-state index in [1.165, 1.54) is 0 Å². The van der Waals surface area contributed by atoms with E-state index in [0.717, 1.165) is 38.2 Å². The van der Waals surface area contributed by atoms with Crippen LogP contribution in [0.1, 0.15) is 33.1 Å². The molecule has 2 N–H and O–H groups in total. The second-order valence-electron chi connectivity index (χ2n) is 5.68. The smallest absolute Gasteiger partial charge is 0.128 e. The highest BCUT2D eigenvalue weighted by molar-refractivity contribution is 5.38. The predicted octanol–water partition coefficient (Wildman–Crippen LogP) is 1.80. The number of piperidine rings is 1. The minimum Gasteiger partial charge on any atom is -0.389 e. The first kappa shape index (κ1) is 14.3. The normalized spacial score (nSPS) is 20.3. The molecule has 4 nitrogen and oxygen atoms in total. The molecule has 0 spiro atoms. The lowest BCUT2D eigenvalue weighted by Gasteiger charge is -2.34. The van der Waals surface area contributed by atoms with Crippen molar-refractivity contribution in [1.29, 1.82) is 0 Å². The molecule has 0 aromatic carbocycles. The van der Waals surface area contributed by atoms with E-state index in [4.69, 9.17) is 0 Å². The molecule has 1 atom stereocenters. The van der Waals surface area contributed by atoms with Crippen LogP contribution in [-0.4, -0.2) is 41.4 Å². The summed E-state index contributed by atoms with van der Waals surface area (Å²) in [5.41, 5.74) is -0.585. The number of nitrogens with zero attached hydrogens (tertiary/aromatic N) is 2. The average Bonchev–Trinajstić information content (AvgIpc) is 2.47. The van der Waals surface area contributed by atoms with Crippen LogP contribution in [0.15, 0.2) is 24.4 Å². The Morgan fingerprint density at radius 1 is 1.42 bits per heavy atom. The van der Waals surface area contributed by atoms with E-state index in [1.54, 1.807) is 0 Å². The van der Waals surface area contributed by atoms with Gasteiger partial charge in [0.2, 0.25) is 0 Å². The molecule has 106 valence electrons. The molecule has 1 fully saturated rings. The maximum absolute atomic E-state index is 10.0. The number of aromatic nitrogens is 1. The molecule has 19 heavy (non-hydrogen) atoms. The first-order valence-electron chi connectivity index (χ1n) is 7.22. The lowest BCUT2D eigenvalue weighted by atomic mass is 10.0. The number of pyridine rings is 1. The quantitative estimate of drug-likeness (QED) is 0.850. The van der Waals surface area contributed by atoms with Gasteiger partial charge in [0.15, 0.2) is 0 Å². The fraction of sp³-hybridized carbons (Fsp3) is 0.667. The fourth-order valence-corrected chi connectivity index (χ4v) is 2.34.